The number of nitrogen functional groups attached to an aromatic ring is 1. The van der Waals surface area contributed by atoms with Crippen LogP contribution in [0, 0.1) is 5.92 Å². The van der Waals surface area contributed by atoms with Gasteiger partial charge in [-0.15, -0.1) is 0 Å². The standard InChI is InChI=1S/C20H21ClN4O3/c1-3-13-10(2)16(28-19(26)11-7-5-4-6-8-11)17(27-13)12-9-23-15-14(12)24-20(22)25-18(15)21/h4-10,12-13,16-17H,3H2,1-2H3,(H2,22,24,25)/t10-,12?,13-,16-,17+/m1/s1. The minimum Gasteiger partial charge on any atom is -0.456 e. The van der Waals surface area contributed by atoms with Crippen molar-refractivity contribution >= 4 is 35.4 Å². The second kappa shape index (κ2) is 7.48. The van der Waals surface area contributed by atoms with E-state index in [2.05, 4.69) is 15.0 Å². The van der Waals surface area contributed by atoms with E-state index < -0.39 is 12.2 Å². The SMILES string of the molecule is CC[C@H]1O[C@@H](C2C=Nc3c(Cl)nc(N)nc32)[C@H](OC(=O)c2ccccc2)[C@@H]1C. The fraction of sp³-hybridized carbons (Fsp3) is 0.400. The summed E-state index contributed by atoms with van der Waals surface area (Å²) < 4.78 is 12.2. The van der Waals surface area contributed by atoms with Gasteiger partial charge in [0.05, 0.1) is 23.3 Å². The maximum atomic E-state index is 12.7. The van der Waals surface area contributed by atoms with Gasteiger partial charge >= 0.3 is 5.97 Å². The van der Waals surface area contributed by atoms with Gasteiger partial charge in [-0.1, -0.05) is 43.6 Å². The summed E-state index contributed by atoms with van der Waals surface area (Å²) in [7, 11) is 0. The number of esters is 1. The number of nitrogens with two attached hydrogens (primary N) is 1. The molecule has 1 saturated heterocycles. The van der Waals surface area contributed by atoms with Crippen LogP contribution in [0.2, 0.25) is 5.15 Å². The molecule has 146 valence electrons. The van der Waals surface area contributed by atoms with Crippen molar-refractivity contribution in [2.45, 2.75) is 44.5 Å². The van der Waals surface area contributed by atoms with E-state index in [1.54, 1.807) is 30.5 Å². The number of hydrogen-bond donors (Lipinski definition) is 1. The van der Waals surface area contributed by atoms with Crippen molar-refractivity contribution in [2.24, 2.45) is 10.9 Å². The van der Waals surface area contributed by atoms with Crippen molar-refractivity contribution in [3.05, 3.63) is 46.7 Å². The Morgan fingerprint density at radius 1 is 1.29 bits per heavy atom. The van der Waals surface area contributed by atoms with Gasteiger partial charge in [0.1, 0.15) is 17.9 Å². The second-order valence-corrected chi connectivity index (χ2v) is 7.41. The first kappa shape index (κ1) is 18.8. The smallest absolute Gasteiger partial charge is 0.338 e. The van der Waals surface area contributed by atoms with Crippen molar-refractivity contribution in [1.82, 2.24) is 9.97 Å². The van der Waals surface area contributed by atoms with Crippen LogP contribution in [0.1, 0.15) is 42.2 Å². The first-order valence-corrected chi connectivity index (χ1v) is 9.66. The number of anilines is 1. The third-order valence-corrected chi connectivity index (χ3v) is 5.60. The molecule has 2 N–H and O–H groups in total. The van der Waals surface area contributed by atoms with Gasteiger partial charge in [-0.3, -0.25) is 4.99 Å². The van der Waals surface area contributed by atoms with Crippen LogP contribution >= 0.6 is 11.6 Å². The zero-order chi connectivity index (χ0) is 19.8. The van der Waals surface area contributed by atoms with Crippen molar-refractivity contribution in [1.29, 1.82) is 0 Å². The van der Waals surface area contributed by atoms with Crippen LogP contribution < -0.4 is 5.73 Å². The minimum absolute atomic E-state index is 0.0229. The number of aliphatic imine (C=N–C) groups is 1. The number of fused-ring (bicyclic) bond motifs is 1. The van der Waals surface area contributed by atoms with Crippen LogP contribution in [-0.4, -0.2) is 40.5 Å². The lowest BCUT2D eigenvalue weighted by Crippen LogP contribution is -2.36. The Balaban J connectivity index is 1.64. The monoisotopic (exact) mass is 400 g/mol. The van der Waals surface area contributed by atoms with Crippen LogP contribution in [-0.2, 0) is 9.47 Å². The summed E-state index contributed by atoms with van der Waals surface area (Å²) in [6.07, 6.45) is 1.62. The number of hydrogen-bond acceptors (Lipinski definition) is 7. The molecule has 3 heterocycles. The molecule has 7 nitrogen and oxygen atoms in total. The van der Waals surface area contributed by atoms with E-state index in [0.717, 1.165) is 6.42 Å². The van der Waals surface area contributed by atoms with Crippen molar-refractivity contribution in [3.63, 3.8) is 0 Å². The predicted molar refractivity (Wildman–Crippen MR) is 106 cm³/mol. The molecule has 8 heteroatoms. The molecule has 1 unspecified atom stereocenters. The van der Waals surface area contributed by atoms with Crippen LogP contribution in [0.15, 0.2) is 35.3 Å². The molecular weight excluding hydrogens is 380 g/mol. The average molecular weight is 401 g/mol. The quantitative estimate of drug-likeness (QED) is 0.622. The van der Waals surface area contributed by atoms with E-state index in [4.69, 9.17) is 26.8 Å². The molecule has 0 bridgehead atoms. The maximum Gasteiger partial charge on any atom is 0.338 e. The lowest BCUT2D eigenvalue weighted by Gasteiger charge is -2.25. The van der Waals surface area contributed by atoms with E-state index in [1.807, 2.05) is 19.9 Å². The molecule has 0 radical (unpaired) electrons. The lowest BCUT2D eigenvalue weighted by atomic mass is 9.90. The number of rotatable bonds is 4. The summed E-state index contributed by atoms with van der Waals surface area (Å²) >= 11 is 6.16. The number of nitrogens with zero attached hydrogens (tertiary/aromatic N) is 3. The number of aromatic nitrogens is 2. The summed E-state index contributed by atoms with van der Waals surface area (Å²) in [5, 5.41) is 0.206. The molecule has 0 amide bonds. The molecule has 5 atom stereocenters. The lowest BCUT2D eigenvalue weighted by molar-refractivity contribution is -0.0153. The van der Waals surface area contributed by atoms with Crippen LogP contribution in [0.3, 0.4) is 0 Å². The summed E-state index contributed by atoms with van der Waals surface area (Å²) in [6, 6.07) is 8.93. The fourth-order valence-corrected chi connectivity index (χ4v) is 4.12. The molecule has 0 aliphatic carbocycles. The normalized spacial score (nSPS) is 28.3. The molecular formula is C20H21ClN4O3. The average Bonchev–Trinajstić information content (AvgIpc) is 3.24. The minimum atomic E-state index is -0.449. The highest BCUT2D eigenvalue weighted by molar-refractivity contribution is 6.32. The molecule has 0 saturated carbocycles. The maximum absolute atomic E-state index is 12.7. The third kappa shape index (κ3) is 3.25. The molecule has 1 aromatic carbocycles. The summed E-state index contributed by atoms with van der Waals surface area (Å²) in [5.74, 6) is -0.589. The van der Waals surface area contributed by atoms with Gasteiger partial charge in [-0.05, 0) is 18.6 Å². The van der Waals surface area contributed by atoms with E-state index in [0.29, 0.717) is 16.9 Å². The van der Waals surface area contributed by atoms with Gasteiger partial charge in [0, 0.05) is 12.1 Å². The Bertz CT molecular complexity index is 921. The Hall–Kier alpha value is -2.51. The van der Waals surface area contributed by atoms with Crippen molar-refractivity contribution in [3.8, 4) is 0 Å². The fourth-order valence-electron chi connectivity index (χ4n) is 3.89. The van der Waals surface area contributed by atoms with Crippen molar-refractivity contribution in [2.75, 3.05) is 5.73 Å². The number of halogens is 1. The van der Waals surface area contributed by atoms with E-state index in [-0.39, 0.29) is 35.0 Å². The van der Waals surface area contributed by atoms with Gasteiger partial charge < -0.3 is 15.2 Å². The highest BCUT2D eigenvalue weighted by atomic mass is 35.5. The molecule has 2 aliphatic heterocycles. The van der Waals surface area contributed by atoms with E-state index in [1.165, 1.54) is 0 Å². The highest BCUT2D eigenvalue weighted by Crippen LogP contribution is 2.44. The van der Waals surface area contributed by atoms with E-state index in [9.17, 15) is 4.79 Å². The number of carbonyl (C=O) groups excluding carboxylic acids is 1. The molecule has 1 aromatic heterocycles. The van der Waals surface area contributed by atoms with Crippen LogP contribution in [0.25, 0.3) is 0 Å². The van der Waals surface area contributed by atoms with Crippen LogP contribution in [0.5, 0.6) is 0 Å². The summed E-state index contributed by atoms with van der Waals surface area (Å²) in [6.45, 7) is 4.08. The molecule has 2 aromatic rings. The van der Waals surface area contributed by atoms with Gasteiger partial charge in [-0.25, -0.2) is 9.78 Å². The predicted octanol–water partition coefficient (Wildman–Crippen LogP) is 3.55. The first-order chi connectivity index (χ1) is 13.5. The Kier molecular flexibility index (Phi) is 5.03. The molecule has 4 rings (SSSR count). The number of carbonyl (C=O) groups is 1. The number of ether oxygens (including phenoxy) is 2. The topological polar surface area (TPSA) is 99.7 Å². The van der Waals surface area contributed by atoms with Gasteiger partial charge in [0.25, 0.3) is 0 Å². The summed E-state index contributed by atoms with van der Waals surface area (Å²) in [5.41, 5.74) is 7.37. The Morgan fingerprint density at radius 3 is 2.75 bits per heavy atom. The largest absolute Gasteiger partial charge is 0.456 e. The summed E-state index contributed by atoms with van der Waals surface area (Å²) in [4.78, 5) is 25.3. The third-order valence-electron chi connectivity index (χ3n) is 5.34. The number of benzene rings is 1. The van der Waals surface area contributed by atoms with Crippen molar-refractivity contribution < 1.29 is 14.3 Å². The Morgan fingerprint density at radius 2 is 2.04 bits per heavy atom. The van der Waals surface area contributed by atoms with E-state index >= 15 is 0 Å². The second-order valence-electron chi connectivity index (χ2n) is 7.05. The Labute approximate surface area is 167 Å². The molecule has 2 aliphatic rings. The first-order valence-electron chi connectivity index (χ1n) is 9.28. The van der Waals surface area contributed by atoms with Gasteiger partial charge in [0.2, 0.25) is 5.95 Å². The zero-order valence-corrected chi connectivity index (χ0v) is 16.3. The molecule has 0 spiro atoms. The molecule has 1 fully saturated rings. The van der Waals surface area contributed by atoms with Crippen LogP contribution in [0.4, 0.5) is 11.6 Å². The van der Waals surface area contributed by atoms with Gasteiger partial charge in [0.15, 0.2) is 5.15 Å². The van der Waals surface area contributed by atoms with Gasteiger partial charge in [-0.2, -0.15) is 4.98 Å². The molecule has 28 heavy (non-hydrogen) atoms. The zero-order valence-electron chi connectivity index (χ0n) is 15.6. The highest BCUT2D eigenvalue weighted by Gasteiger charge is 2.49.